The van der Waals surface area contributed by atoms with E-state index in [1.54, 1.807) is 6.07 Å². The van der Waals surface area contributed by atoms with Crippen LogP contribution in [0.2, 0.25) is 0 Å². The summed E-state index contributed by atoms with van der Waals surface area (Å²) in [6, 6.07) is 7.69. The standard InChI is InChI=1S/C21H23F3/c1-2-3-4-5-14-10-19(23)21(20(24)11-14)16-7-6-15-8-9-18(22)13-17(15)12-16/h8-11,13,16H,2-7,12H2,1H3. The Bertz CT molecular complexity index is 698. The molecule has 0 bridgehead atoms. The third kappa shape index (κ3) is 3.66. The summed E-state index contributed by atoms with van der Waals surface area (Å²) in [5, 5.41) is 0. The third-order valence-electron chi connectivity index (χ3n) is 5.01. The SMILES string of the molecule is CCCCCc1cc(F)c(C2CCc3ccc(F)cc3C2)c(F)c1. The first-order chi connectivity index (χ1) is 11.6. The maximum atomic E-state index is 14.5. The van der Waals surface area contributed by atoms with Crippen LogP contribution >= 0.6 is 0 Å². The van der Waals surface area contributed by atoms with Crippen LogP contribution in [0.3, 0.4) is 0 Å². The predicted octanol–water partition coefficient (Wildman–Crippen LogP) is 6.11. The second-order valence-corrected chi connectivity index (χ2v) is 6.78. The average Bonchev–Trinajstić information content (AvgIpc) is 2.54. The van der Waals surface area contributed by atoms with Gasteiger partial charge < -0.3 is 0 Å². The summed E-state index contributed by atoms with van der Waals surface area (Å²) in [7, 11) is 0. The Morgan fingerprint density at radius 3 is 2.42 bits per heavy atom. The lowest BCUT2D eigenvalue weighted by Crippen LogP contribution is -2.16. The molecule has 1 atom stereocenters. The predicted molar refractivity (Wildman–Crippen MR) is 90.8 cm³/mol. The van der Waals surface area contributed by atoms with Gasteiger partial charge in [-0.25, -0.2) is 13.2 Å². The van der Waals surface area contributed by atoms with Gasteiger partial charge in [0.05, 0.1) is 0 Å². The minimum atomic E-state index is -0.452. The highest BCUT2D eigenvalue weighted by molar-refractivity contribution is 5.36. The van der Waals surface area contributed by atoms with Gasteiger partial charge in [0.15, 0.2) is 0 Å². The lowest BCUT2D eigenvalue weighted by molar-refractivity contribution is 0.488. The summed E-state index contributed by atoms with van der Waals surface area (Å²) in [5.74, 6) is -1.41. The molecule has 0 saturated carbocycles. The second kappa shape index (κ2) is 7.42. The van der Waals surface area contributed by atoms with E-state index < -0.39 is 11.6 Å². The highest BCUT2D eigenvalue weighted by Gasteiger charge is 2.26. The molecule has 0 fully saturated rings. The van der Waals surface area contributed by atoms with Gasteiger partial charge in [-0.3, -0.25) is 0 Å². The molecule has 0 aliphatic heterocycles. The fourth-order valence-electron chi connectivity index (χ4n) is 3.72. The van der Waals surface area contributed by atoms with Crippen molar-refractivity contribution in [2.24, 2.45) is 0 Å². The largest absolute Gasteiger partial charge is 0.207 e. The van der Waals surface area contributed by atoms with E-state index in [0.717, 1.165) is 42.4 Å². The summed E-state index contributed by atoms with van der Waals surface area (Å²) < 4.78 is 42.5. The van der Waals surface area contributed by atoms with Crippen molar-refractivity contribution >= 4 is 0 Å². The van der Waals surface area contributed by atoms with Crippen LogP contribution in [0.25, 0.3) is 0 Å². The van der Waals surface area contributed by atoms with Gasteiger partial charge in [-0.05, 0) is 79.0 Å². The molecule has 1 aliphatic carbocycles. The first kappa shape index (κ1) is 17.1. The molecule has 1 unspecified atom stereocenters. The molecule has 2 aromatic carbocycles. The molecule has 128 valence electrons. The van der Waals surface area contributed by atoms with Crippen molar-refractivity contribution in [3.63, 3.8) is 0 Å². The van der Waals surface area contributed by atoms with E-state index in [4.69, 9.17) is 0 Å². The fraction of sp³-hybridized carbons (Fsp3) is 0.429. The van der Waals surface area contributed by atoms with Gasteiger partial charge in [0, 0.05) is 5.56 Å². The van der Waals surface area contributed by atoms with Gasteiger partial charge >= 0.3 is 0 Å². The summed E-state index contributed by atoms with van der Waals surface area (Å²) in [5.41, 5.74) is 2.86. The van der Waals surface area contributed by atoms with Crippen molar-refractivity contribution in [2.75, 3.05) is 0 Å². The molecular formula is C21H23F3. The molecule has 1 aliphatic rings. The number of aryl methyl sites for hydroxylation is 2. The Kier molecular flexibility index (Phi) is 5.27. The topological polar surface area (TPSA) is 0 Å². The van der Waals surface area contributed by atoms with Gasteiger partial charge in [-0.15, -0.1) is 0 Å². The van der Waals surface area contributed by atoms with Crippen molar-refractivity contribution in [3.8, 4) is 0 Å². The maximum absolute atomic E-state index is 14.5. The Morgan fingerprint density at radius 1 is 0.958 bits per heavy atom. The Balaban J connectivity index is 1.82. The monoisotopic (exact) mass is 332 g/mol. The Labute approximate surface area is 141 Å². The van der Waals surface area contributed by atoms with Gasteiger partial charge in [0.2, 0.25) is 0 Å². The average molecular weight is 332 g/mol. The molecule has 3 rings (SSSR count). The first-order valence-electron chi connectivity index (χ1n) is 8.83. The van der Waals surface area contributed by atoms with Crippen LogP contribution in [-0.2, 0) is 19.3 Å². The van der Waals surface area contributed by atoms with E-state index in [1.807, 2.05) is 0 Å². The molecule has 24 heavy (non-hydrogen) atoms. The fourth-order valence-corrected chi connectivity index (χ4v) is 3.72. The number of hydrogen-bond donors (Lipinski definition) is 0. The summed E-state index contributed by atoms with van der Waals surface area (Å²) in [6.07, 6.45) is 5.73. The zero-order valence-corrected chi connectivity index (χ0v) is 14.0. The van der Waals surface area contributed by atoms with E-state index >= 15 is 0 Å². The van der Waals surface area contributed by atoms with Gasteiger partial charge in [0.1, 0.15) is 17.5 Å². The van der Waals surface area contributed by atoms with Crippen molar-refractivity contribution in [3.05, 3.63) is 70.0 Å². The van der Waals surface area contributed by atoms with E-state index in [0.29, 0.717) is 19.3 Å². The van der Waals surface area contributed by atoms with E-state index in [1.165, 1.54) is 24.3 Å². The molecule has 0 aromatic heterocycles. The third-order valence-corrected chi connectivity index (χ3v) is 5.01. The van der Waals surface area contributed by atoms with Crippen LogP contribution in [0.15, 0.2) is 30.3 Å². The molecule has 0 saturated heterocycles. The molecule has 0 heterocycles. The first-order valence-corrected chi connectivity index (χ1v) is 8.83. The molecule has 0 nitrogen and oxygen atoms in total. The summed E-state index contributed by atoms with van der Waals surface area (Å²) >= 11 is 0. The van der Waals surface area contributed by atoms with Gasteiger partial charge in [-0.2, -0.15) is 0 Å². The molecule has 0 radical (unpaired) electrons. The van der Waals surface area contributed by atoms with Crippen LogP contribution in [0.1, 0.15) is 60.8 Å². The van der Waals surface area contributed by atoms with Crippen LogP contribution in [-0.4, -0.2) is 0 Å². The van der Waals surface area contributed by atoms with Crippen molar-refractivity contribution in [1.82, 2.24) is 0 Å². The van der Waals surface area contributed by atoms with Crippen LogP contribution in [0.4, 0.5) is 13.2 Å². The molecule has 0 spiro atoms. The number of unbranched alkanes of at least 4 members (excludes halogenated alkanes) is 2. The van der Waals surface area contributed by atoms with Gasteiger partial charge in [-0.1, -0.05) is 25.8 Å². The maximum Gasteiger partial charge on any atom is 0.129 e. The molecule has 0 N–H and O–H groups in total. The lowest BCUT2D eigenvalue weighted by Gasteiger charge is -2.26. The van der Waals surface area contributed by atoms with E-state index in [-0.39, 0.29) is 17.3 Å². The Hall–Kier alpha value is -1.77. The zero-order chi connectivity index (χ0) is 17.1. The van der Waals surface area contributed by atoms with E-state index in [9.17, 15) is 13.2 Å². The number of fused-ring (bicyclic) bond motifs is 1. The van der Waals surface area contributed by atoms with Crippen molar-refractivity contribution < 1.29 is 13.2 Å². The highest BCUT2D eigenvalue weighted by atomic mass is 19.1. The second-order valence-electron chi connectivity index (χ2n) is 6.78. The van der Waals surface area contributed by atoms with Gasteiger partial charge in [0.25, 0.3) is 0 Å². The van der Waals surface area contributed by atoms with E-state index in [2.05, 4.69) is 6.92 Å². The number of rotatable bonds is 5. The number of benzene rings is 2. The molecule has 3 heteroatoms. The number of hydrogen-bond acceptors (Lipinski definition) is 0. The normalized spacial score (nSPS) is 16.9. The highest BCUT2D eigenvalue weighted by Crippen LogP contribution is 2.36. The minimum Gasteiger partial charge on any atom is -0.207 e. The van der Waals surface area contributed by atoms with Crippen molar-refractivity contribution in [1.29, 1.82) is 0 Å². The molecule has 0 amide bonds. The summed E-state index contributed by atoms with van der Waals surface area (Å²) in [4.78, 5) is 0. The quantitative estimate of drug-likeness (QED) is 0.580. The lowest BCUT2D eigenvalue weighted by atomic mass is 9.79. The number of halogens is 3. The molecule has 2 aromatic rings. The zero-order valence-electron chi connectivity index (χ0n) is 14.0. The van der Waals surface area contributed by atoms with Crippen LogP contribution < -0.4 is 0 Å². The smallest absolute Gasteiger partial charge is 0.129 e. The molecular weight excluding hydrogens is 309 g/mol. The van der Waals surface area contributed by atoms with Crippen LogP contribution in [0.5, 0.6) is 0 Å². The Morgan fingerprint density at radius 2 is 1.71 bits per heavy atom. The van der Waals surface area contributed by atoms with Crippen molar-refractivity contribution in [2.45, 2.75) is 57.8 Å². The summed E-state index contributed by atoms with van der Waals surface area (Å²) in [6.45, 7) is 2.11. The van der Waals surface area contributed by atoms with Crippen LogP contribution in [0, 0.1) is 17.5 Å². The minimum absolute atomic E-state index is 0.171.